The number of aromatic nitrogens is 4. The molecule has 4 heteroatoms. The Morgan fingerprint density at radius 3 is 1.25 bits per heavy atom. The summed E-state index contributed by atoms with van der Waals surface area (Å²) in [6, 6.07) is 102. The van der Waals surface area contributed by atoms with Crippen molar-refractivity contribution in [2.75, 3.05) is 0 Å². The summed E-state index contributed by atoms with van der Waals surface area (Å²) < 4.78 is 4.56. The van der Waals surface area contributed by atoms with Gasteiger partial charge >= 0.3 is 0 Å². The third-order valence-electron chi connectivity index (χ3n) is 17.4. The molecule has 0 saturated heterocycles. The normalized spacial score (nSPS) is 13.6. The summed E-state index contributed by atoms with van der Waals surface area (Å²) >= 11 is 0. The molecule has 0 bridgehead atoms. The zero-order chi connectivity index (χ0) is 53.1. The zero-order valence-corrected chi connectivity index (χ0v) is 44.3. The molecule has 0 spiro atoms. The topological polar surface area (TPSA) is 35.6 Å². The monoisotopic (exact) mass is 1020 g/mol. The van der Waals surface area contributed by atoms with Crippen LogP contribution in [0.1, 0.15) is 47.2 Å². The third kappa shape index (κ3) is 6.88. The number of imidazole rings is 2. The molecule has 376 valence electrons. The Balaban J connectivity index is 0.803. The van der Waals surface area contributed by atoms with Crippen molar-refractivity contribution < 1.29 is 0 Å². The van der Waals surface area contributed by atoms with Gasteiger partial charge in [0.25, 0.3) is 0 Å². The van der Waals surface area contributed by atoms with Gasteiger partial charge < -0.3 is 0 Å². The maximum absolute atomic E-state index is 5.11. The molecule has 2 heterocycles. The molecule has 0 radical (unpaired) electrons. The first-order valence-corrected chi connectivity index (χ1v) is 27.7. The van der Waals surface area contributed by atoms with Gasteiger partial charge in [-0.25, -0.2) is 9.97 Å². The number of nitrogens with zero attached hydrogens (tertiary/aromatic N) is 4. The number of fused-ring (bicyclic) bond motifs is 9. The van der Waals surface area contributed by atoms with Gasteiger partial charge in [0.05, 0.1) is 27.5 Å². The summed E-state index contributed by atoms with van der Waals surface area (Å²) in [5.41, 5.74) is 25.5. The summed E-state index contributed by atoms with van der Waals surface area (Å²) in [6.07, 6.45) is 0. The van der Waals surface area contributed by atoms with E-state index in [-0.39, 0.29) is 5.41 Å². The highest BCUT2D eigenvalue weighted by atomic mass is 15.1. The summed E-state index contributed by atoms with van der Waals surface area (Å²) in [4.78, 5) is 10.2. The van der Waals surface area contributed by atoms with Crippen molar-refractivity contribution >= 4 is 32.8 Å². The van der Waals surface area contributed by atoms with E-state index in [0.29, 0.717) is 0 Å². The van der Waals surface area contributed by atoms with Crippen LogP contribution >= 0.6 is 0 Å². The molecule has 12 aromatic carbocycles. The lowest BCUT2D eigenvalue weighted by molar-refractivity contribution is 0.660. The van der Waals surface area contributed by atoms with Crippen LogP contribution in [0, 0.1) is 0 Å². The van der Waals surface area contributed by atoms with Crippen LogP contribution in [0.25, 0.3) is 111 Å². The molecule has 16 rings (SSSR count). The molecule has 0 N–H and O–H groups in total. The fraction of sp³-hybridized carbons (Fsp3) is 0.0526. The number of benzene rings is 12. The van der Waals surface area contributed by atoms with Crippen LogP contribution in [0.5, 0.6) is 0 Å². The lowest BCUT2D eigenvalue weighted by Gasteiger charge is -2.34. The van der Waals surface area contributed by atoms with Gasteiger partial charge in [-0.1, -0.05) is 208 Å². The Morgan fingerprint density at radius 2 is 0.700 bits per heavy atom. The van der Waals surface area contributed by atoms with Gasteiger partial charge in [0.1, 0.15) is 11.6 Å². The molecular weight excluding hydrogens is 969 g/mol. The fourth-order valence-corrected chi connectivity index (χ4v) is 13.6. The van der Waals surface area contributed by atoms with E-state index in [1.165, 1.54) is 88.7 Å². The summed E-state index contributed by atoms with van der Waals surface area (Å²) in [5.74, 6) is 1.87. The number of rotatable bonds is 8. The Bertz CT molecular complexity index is 4700. The quantitative estimate of drug-likeness (QED) is 0.152. The van der Waals surface area contributed by atoms with E-state index in [4.69, 9.17) is 9.97 Å². The Hall–Kier alpha value is -10.2. The van der Waals surface area contributed by atoms with Crippen LogP contribution < -0.4 is 0 Å². The number of hydrogen-bond donors (Lipinski definition) is 0. The van der Waals surface area contributed by atoms with E-state index in [1.54, 1.807) is 0 Å². The molecule has 0 fully saturated rings. The highest BCUT2D eigenvalue weighted by molar-refractivity contribution is 6.00. The molecule has 0 atom stereocenters. The van der Waals surface area contributed by atoms with Crippen LogP contribution in [0.15, 0.2) is 279 Å². The van der Waals surface area contributed by atoms with Crippen molar-refractivity contribution in [3.63, 3.8) is 0 Å². The van der Waals surface area contributed by atoms with Gasteiger partial charge in [-0.15, -0.1) is 0 Å². The SMILES string of the molecule is CC1(C)c2cc(-c3ccc(-n4c(-c5ccccc5)nc5ccccc54)cc3)ccc2-c2cc3c(cc21)-c1cc2ccc(-c4ccc(-n5c(-c6ccccc6)nc6ccccc65)cc4)cc2cc1C3(c1ccccc1)c1ccccc1. The van der Waals surface area contributed by atoms with E-state index in [0.717, 1.165) is 56.2 Å². The van der Waals surface area contributed by atoms with Gasteiger partial charge in [-0.2, -0.15) is 0 Å². The zero-order valence-electron chi connectivity index (χ0n) is 44.3. The van der Waals surface area contributed by atoms with Crippen molar-refractivity contribution in [3.8, 4) is 78.7 Å². The predicted octanol–water partition coefficient (Wildman–Crippen LogP) is 18.9. The minimum Gasteiger partial charge on any atom is -0.292 e. The van der Waals surface area contributed by atoms with Crippen molar-refractivity contribution in [1.82, 2.24) is 19.1 Å². The first-order valence-electron chi connectivity index (χ1n) is 27.7. The first-order chi connectivity index (χ1) is 39.4. The van der Waals surface area contributed by atoms with Gasteiger partial charge in [-0.3, -0.25) is 9.13 Å². The second kappa shape index (κ2) is 17.7. The van der Waals surface area contributed by atoms with Gasteiger partial charge in [0, 0.05) is 27.9 Å². The second-order valence-electron chi connectivity index (χ2n) is 22.1. The standard InChI is InChI=1S/C76H52N4/c1-75(2)65-45-55(50-35-40-60(41-36-50)80-72-30-18-16-28-70(72)78-74(80)52-21-9-4-10-22-52)37-42-61(65)63-48-68-64(47-66(63)75)62-44-54-32-31-53(43-56(54)46-67(62)76(68,57-23-11-5-12-24-57)58-25-13-6-14-26-58)49-33-38-59(39-34-49)79-71-29-17-15-27-69(71)77-73(79)51-19-7-3-8-20-51/h3-48H,1-2H3. The summed E-state index contributed by atoms with van der Waals surface area (Å²) in [5, 5.41) is 2.44. The van der Waals surface area contributed by atoms with Crippen molar-refractivity contribution in [2.24, 2.45) is 0 Å². The maximum atomic E-state index is 5.11. The second-order valence-corrected chi connectivity index (χ2v) is 22.1. The number of hydrogen-bond acceptors (Lipinski definition) is 2. The molecule has 0 saturated carbocycles. The van der Waals surface area contributed by atoms with Gasteiger partial charge in [0.2, 0.25) is 0 Å². The predicted molar refractivity (Wildman–Crippen MR) is 330 cm³/mol. The van der Waals surface area contributed by atoms with Gasteiger partial charge in [0.15, 0.2) is 0 Å². The summed E-state index contributed by atoms with van der Waals surface area (Å²) in [7, 11) is 0. The van der Waals surface area contributed by atoms with Crippen molar-refractivity contribution in [3.05, 3.63) is 312 Å². The first kappa shape index (κ1) is 46.0. The highest BCUT2D eigenvalue weighted by Crippen LogP contribution is 2.61. The molecule has 2 aliphatic carbocycles. The molecule has 14 aromatic rings. The minimum absolute atomic E-state index is 0.254. The lowest BCUT2D eigenvalue weighted by Crippen LogP contribution is -2.28. The molecule has 0 amide bonds. The average Bonchev–Trinajstić information content (AvgIpc) is 4.25. The van der Waals surface area contributed by atoms with E-state index in [2.05, 4.69) is 302 Å². The van der Waals surface area contributed by atoms with E-state index in [1.807, 2.05) is 0 Å². The molecule has 80 heavy (non-hydrogen) atoms. The number of para-hydroxylation sites is 4. The molecule has 2 aromatic heterocycles. The fourth-order valence-electron chi connectivity index (χ4n) is 13.6. The van der Waals surface area contributed by atoms with E-state index < -0.39 is 5.41 Å². The van der Waals surface area contributed by atoms with Crippen LogP contribution in [-0.4, -0.2) is 19.1 Å². The van der Waals surface area contributed by atoms with Crippen molar-refractivity contribution in [1.29, 1.82) is 0 Å². The molecule has 0 unspecified atom stereocenters. The van der Waals surface area contributed by atoms with Crippen LogP contribution in [0.4, 0.5) is 0 Å². The maximum Gasteiger partial charge on any atom is 0.145 e. The van der Waals surface area contributed by atoms with E-state index in [9.17, 15) is 0 Å². The third-order valence-corrected chi connectivity index (χ3v) is 17.4. The smallest absolute Gasteiger partial charge is 0.145 e. The molecule has 0 aliphatic heterocycles. The summed E-state index contributed by atoms with van der Waals surface area (Å²) in [6.45, 7) is 4.83. The Morgan fingerprint density at radius 1 is 0.287 bits per heavy atom. The van der Waals surface area contributed by atoms with Crippen LogP contribution in [0.2, 0.25) is 0 Å². The Labute approximate surface area is 465 Å². The van der Waals surface area contributed by atoms with Crippen molar-refractivity contribution in [2.45, 2.75) is 24.7 Å². The highest BCUT2D eigenvalue weighted by Gasteiger charge is 2.48. The van der Waals surface area contributed by atoms with Gasteiger partial charge in [-0.05, 0) is 174 Å². The van der Waals surface area contributed by atoms with E-state index >= 15 is 0 Å². The molecular formula is C76H52N4. The molecule has 4 nitrogen and oxygen atoms in total. The largest absolute Gasteiger partial charge is 0.292 e. The lowest BCUT2D eigenvalue weighted by atomic mass is 9.67. The Kier molecular flexibility index (Phi) is 10.2. The average molecular weight is 1020 g/mol. The minimum atomic E-state index is -0.576. The van der Waals surface area contributed by atoms with Crippen LogP contribution in [-0.2, 0) is 10.8 Å². The molecule has 2 aliphatic rings. The van der Waals surface area contributed by atoms with Crippen LogP contribution in [0.3, 0.4) is 0 Å².